The van der Waals surface area contributed by atoms with Gasteiger partial charge in [0.25, 0.3) is 0 Å². The largest absolute Gasteiger partial charge is 0.456 e. The van der Waals surface area contributed by atoms with Crippen LogP contribution in [0, 0.1) is 0 Å². The van der Waals surface area contributed by atoms with Crippen molar-refractivity contribution in [2.45, 2.75) is 0 Å². The molecule has 0 aliphatic rings. The van der Waals surface area contributed by atoms with Crippen LogP contribution in [-0.2, 0) is 0 Å². The number of furan rings is 2. The van der Waals surface area contributed by atoms with Crippen molar-refractivity contribution in [1.82, 2.24) is 19.9 Å². The maximum absolute atomic E-state index is 5.96. The minimum Gasteiger partial charge on any atom is -0.456 e. The van der Waals surface area contributed by atoms with E-state index in [1.807, 2.05) is 61.1 Å². The second kappa shape index (κ2) is 8.08. The Morgan fingerprint density at radius 3 is 1.84 bits per heavy atom. The highest BCUT2D eigenvalue weighted by Crippen LogP contribution is 2.34. The molecule has 0 atom stereocenters. The van der Waals surface area contributed by atoms with Crippen LogP contribution in [0.3, 0.4) is 0 Å². The molecule has 6 aromatic heterocycles. The van der Waals surface area contributed by atoms with Gasteiger partial charge in [0, 0.05) is 47.1 Å². The Labute approximate surface area is 216 Å². The van der Waals surface area contributed by atoms with Gasteiger partial charge in [-0.2, -0.15) is 0 Å². The van der Waals surface area contributed by atoms with E-state index in [2.05, 4.69) is 56.3 Å². The van der Waals surface area contributed by atoms with E-state index in [0.717, 1.165) is 77.6 Å². The average molecular weight is 491 g/mol. The average Bonchev–Trinajstić information content (AvgIpc) is 3.55. The number of hydrogen-bond acceptors (Lipinski definition) is 6. The molecule has 2 aromatic carbocycles. The summed E-state index contributed by atoms with van der Waals surface area (Å²) < 4.78 is 11.9. The first-order chi connectivity index (χ1) is 18.8. The van der Waals surface area contributed by atoms with Crippen LogP contribution in [0.2, 0.25) is 0 Å². The van der Waals surface area contributed by atoms with Gasteiger partial charge >= 0.3 is 0 Å². The van der Waals surface area contributed by atoms with Crippen molar-refractivity contribution >= 4 is 44.0 Å². The molecule has 8 rings (SSSR count). The minimum atomic E-state index is 0.786. The molecule has 0 saturated heterocycles. The fourth-order valence-electron chi connectivity index (χ4n) is 5.08. The Balaban J connectivity index is 1.20. The fraction of sp³-hybridized carbons (Fsp3) is 0. The molecule has 0 saturated carbocycles. The molecule has 6 nitrogen and oxygen atoms in total. The highest BCUT2D eigenvalue weighted by atomic mass is 16.3. The third kappa shape index (κ3) is 3.28. The third-order valence-electron chi connectivity index (χ3n) is 6.94. The Kier molecular flexibility index (Phi) is 4.42. The predicted molar refractivity (Wildman–Crippen MR) is 148 cm³/mol. The summed E-state index contributed by atoms with van der Waals surface area (Å²) in [6.45, 7) is 0. The van der Waals surface area contributed by atoms with Crippen molar-refractivity contribution in [3.05, 3.63) is 110 Å². The SMILES string of the molecule is c1cnc2c(c1)oc1ccc(-c3ccnc(-c4cc(-c5ccc6oc7ccncc7c6c5)ccn4)c3)cc12. The number of pyridine rings is 4. The number of hydrogen-bond donors (Lipinski definition) is 0. The smallest absolute Gasteiger partial charge is 0.153 e. The van der Waals surface area contributed by atoms with Crippen LogP contribution in [0.15, 0.2) is 119 Å². The van der Waals surface area contributed by atoms with Crippen molar-refractivity contribution in [2.75, 3.05) is 0 Å². The van der Waals surface area contributed by atoms with Crippen LogP contribution >= 0.6 is 0 Å². The molecular formula is C32H18N4O2. The van der Waals surface area contributed by atoms with Gasteiger partial charge in [0.05, 0.1) is 11.4 Å². The maximum Gasteiger partial charge on any atom is 0.153 e. The lowest BCUT2D eigenvalue weighted by atomic mass is 10.0. The van der Waals surface area contributed by atoms with Gasteiger partial charge < -0.3 is 8.83 Å². The summed E-state index contributed by atoms with van der Waals surface area (Å²) in [6, 6.07) is 26.3. The Bertz CT molecular complexity index is 2000. The van der Waals surface area contributed by atoms with Gasteiger partial charge in [-0.25, -0.2) is 0 Å². The fourth-order valence-corrected chi connectivity index (χ4v) is 5.08. The maximum atomic E-state index is 5.96. The highest BCUT2D eigenvalue weighted by Gasteiger charge is 2.12. The summed E-state index contributed by atoms with van der Waals surface area (Å²) >= 11 is 0. The van der Waals surface area contributed by atoms with Crippen molar-refractivity contribution in [2.24, 2.45) is 0 Å². The van der Waals surface area contributed by atoms with E-state index in [9.17, 15) is 0 Å². The molecule has 0 bridgehead atoms. The Morgan fingerprint density at radius 2 is 1.08 bits per heavy atom. The molecule has 6 heterocycles. The summed E-state index contributed by atoms with van der Waals surface area (Å²) in [5.41, 5.74) is 10.0. The van der Waals surface area contributed by atoms with E-state index in [-0.39, 0.29) is 0 Å². The Morgan fingerprint density at radius 1 is 0.447 bits per heavy atom. The van der Waals surface area contributed by atoms with Crippen LogP contribution in [0.4, 0.5) is 0 Å². The minimum absolute atomic E-state index is 0.786. The van der Waals surface area contributed by atoms with Gasteiger partial charge in [-0.15, -0.1) is 0 Å². The summed E-state index contributed by atoms with van der Waals surface area (Å²) in [6.07, 6.45) is 9.03. The van der Waals surface area contributed by atoms with Crippen LogP contribution in [-0.4, -0.2) is 19.9 Å². The van der Waals surface area contributed by atoms with Crippen LogP contribution in [0.25, 0.3) is 77.6 Å². The van der Waals surface area contributed by atoms with Gasteiger partial charge in [-0.3, -0.25) is 19.9 Å². The summed E-state index contributed by atoms with van der Waals surface area (Å²) in [7, 11) is 0. The molecule has 0 aliphatic carbocycles. The summed E-state index contributed by atoms with van der Waals surface area (Å²) in [5, 5.41) is 3.04. The first-order valence-electron chi connectivity index (χ1n) is 12.3. The van der Waals surface area contributed by atoms with Crippen molar-refractivity contribution in [3.8, 4) is 33.6 Å². The number of benzene rings is 2. The lowest BCUT2D eigenvalue weighted by molar-refractivity contribution is 0.668. The molecule has 0 fully saturated rings. The third-order valence-corrected chi connectivity index (χ3v) is 6.94. The molecule has 0 unspecified atom stereocenters. The molecule has 0 amide bonds. The standard InChI is InChI=1S/C32H18N4O2/c1-2-31-32(36-10-1)24-15-20(4-6-29(24)38-31)22-8-13-35-27(17-22)26-16-21(7-12-34-26)19-3-5-28-23(14-19)25-18-33-11-9-30(25)37-28/h1-18H. The van der Waals surface area contributed by atoms with Gasteiger partial charge in [-0.1, -0.05) is 12.1 Å². The second-order valence-electron chi connectivity index (χ2n) is 9.21. The van der Waals surface area contributed by atoms with Crippen molar-refractivity contribution < 1.29 is 8.83 Å². The molecule has 0 spiro atoms. The lowest BCUT2D eigenvalue weighted by Gasteiger charge is -2.07. The number of fused-ring (bicyclic) bond motifs is 6. The molecular weight excluding hydrogens is 472 g/mol. The van der Waals surface area contributed by atoms with Crippen LogP contribution in [0.5, 0.6) is 0 Å². The van der Waals surface area contributed by atoms with E-state index < -0.39 is 0 Å². The van der Waals surface area contributed by atoms with Gasteiger partial charge in [-0.05, 0) is 89.0 Å². The first-order valence-corrected chi connectivity index (χ1v) is 12.3. The first kappa shape index (κ1) is 20.8. The van der Waals surface area contributed by atoms with E-state index in [1.165, 1.54) is 0 Å². The van der Waals surface area contributed by atoms with E-state index in [0.29, 0.717) is 0 Å². The van der Waals surface area contributed by atoms with E-state index >= 15 is 0 Å². The molecule has 0 aliphatic heterocycles. The number of nitrogens with zero attached hydrogens (tertiary/aromatic N) is 4. The molecule has 0 radical (unpaired) electrons. The molecule has 178 valence electrons. The predicted octanol–water partition coefficient (Wildman–Crippen LogP) is 8.07. The topological polar surface area (TPSA) is 77.8 Å². The zero-order valence-corrected chi connectivity index (χ0v) is 20.0. The zero-order valence-electron chi connectivity index (χ0n) is 20.0. The molecule has 38 heavy (non-hydrogen) atoms. The van der Waals surface area contributed by atoms with Gasteiger partial charge in [0.2, 0.25) is 0 Å². The van der Waals surface area contributed by atoms with Gasteiger partial charge in [0.1, 0.15) is 22.3 Å². The van der Waals surface area contributed by atoms with Crippen LogP contribution in [0.1, 0.15) is 0 Å². The highest BCUT2D eigenvalue weighted by molar-refractivity contribution is 6.06. The normalized spacial score (nSPS) is 11.7. The zero-order chi connectivity index (χ0) is 25.1. The molecule has 6 heteroatoms. The summed E-state index contributed by atoms with van der Waals surface area (Å²) in [4.78, 5) is 18.1. The van der Waals surface area contributed by atoms with Crippen LogP contribution < -0.4 is 0 Å². The van der Waals surface area contributed by atoms with Crippen molar-refractivity contribution in [1.29, 1.82) is 0 Å². The van der Waals surface area contributed by atoms with E-state index in [1.54, 1.807) is 12.4 Å². The lowest BCUT2D eigenvalue weighted by Crippen LogP contribution is -1.90. The van der Waals surface area contributed by atoms with E-state index in [4.69, 9.17) is 8.83 Å². The molecule has 0 N–H and O–H groups in total. The Hall–Kier alpha value is -5.36. The number of aromatic nitrogens is 4. The quantitative estimate of drug-likeness (QED) is 0.249. The molecule has 8 aromatic rings. The second-order valence-corrected chi connectivity index (χ2v) is 9.21. The van der Waals surface area contributed by atoms with Crippen molar-refractivity contribution in [3.63, 3.8) is 0 Å². The van der Waals surface area contributed by atoms with Gasteiger partial charge in [0.15, 0.2) is 5.58 Å². The number of rotatable bonds is 3. The monoisotopic (exact) mass is 490 g/mol. The summed E-state index contributed by atoms with van der Waals surface area (Å²) in [5.74, 6) is 0.